The van der Waals surface area contributed by atoms with Crippen LogP contribution in [0.3, 0.4) is 0 Å². The molecule has 4 atom stereocenters. The maximum Gasteiger partial charge on any atom is 0.270 e. The molecular formula is C16H20N2O6. The lowest BCUT2D eigenvalue weighted by Crippen LogP contribution is -2.36. The minimum atomic E-state index is -0.406. The summed E-state index contributed by atoms with van der Waals surface area (Å²) in [4.78, 5) is 10.5. The fraction of sp³-hybridized carbons (Fsp3) is 0.500. The van der Waals surface area contributed by atoms with Crippen molar-refractivity contribution in [2.75, 3.05) is 27.9 Å². The molecule has 0 saturated carbocycles. The molecule has 1 aliphatic heterocycles. The lowest BCUT2D eigenvalue weighted by molar-refractivity contribution is -0.384. The number of ether oxygens (including phenoxy) is 4. The van der Waals surface area contributed by atoms with Crippen LogP contribution in [-0.2, 0) is 18.9 Å². The summed E-state index contributed by atoms with van der Waals surface area (Å²) in [5.74, 6) is 0. The van der Waals surface area contributed by atoms with E-state index in [0.29, 0.717) is 6.61 Å². The topological polar surface area (TPSA) is 85.0 Å². The van der Waals surface area contributed by atoms with Crippen LogP contribution in [0.2, 0.25) is 0 Å². The van der Waals surface area contributed by atoms with E-state index in [-0.39, 0.29) is 24.0 Å². The molecule has 8 heteroatoms. The highest BCUT2D eigenvalue weighted by atomic mass is 16.6. The van der Waals surface area contributed by atoms with Crippen molar-refractivity contribution in [3.8, 4) is 0 Å². The van der Waals surface area contributed by atoms with E-state index >= 15 is 0 Å². The van der Waals surface area contributed by atoms with Gasteiger partial charge in [0.2, 0.25) is 0 Å². The molecule has 8 nitrogen and oxygen atoms in total. The van der Waals surface area contributed by atoms with Gasteiger partial charge in [-0.25, -0.2) is 0 Å². The Labute approximate surface area is 139 Å². The molecule has 0 amide bonds. The van der Waals surface area contributed by atoms with E-state index in [1.165, 1.54) is 6.07 Å². The Balaban J connectivity index is 1.98. The Morgan fingerprint density at radius 3 is 2.58 bits per heavy atom. The van der Waals surface area contributed by atoms with Gasteiger partial charge < -0.3 is 23.5 Å². The van der Waals surface area contributed by atoms with Crippen LogP contribution in [0.5, 0.6) is 0 Å². The van der Waals surface area contributed by atoms with E-state index in [0.717, 1.165) is 10.9 Å². The van der Waals surface area contributed by atoms with E-state index < -0.39 is 11.2 Å². The molecule has 1 fully saturated rings. The minimum Gasteiger partial charge on any atom is -0.382 e. The number of benzene rings is 1. The first kappa shape index (κ1) is 16.8. The number of rotatable bonds is 6. The van der Waals surface area contributed by atoms with Gasteiger partial charge in [0.05, 0.1) is 17.0 Å². The Morgan fingerprint density at radius 1 is 1.21 bits per heavy atom. The number of fused-ring (bicyclic) bond motifs is 1. The second-order valence-corrected chi connectivity index (χ2v) is 5.64. The van der Waals surface area contributed by atoms with Gasteiger partial charge in [0.1, 0.15) is 18.3 Å². The van der Waals surface area contributed by atoms with Crippen molar-refractivity contribution in [3.63, 3.8) is 0 Å². The van der Waals surface area contributed by atoms with Crippen molar-refractivity contribution in [1.82, 2.24) is 4.57 Å². The average molecular weight is 336 g/mol. The molecule has 0 bridgehead atoms. The average Bonchev–Trinajstić information content (AvgIpc) is 3.14. The molecule has 1 unspecified atom stereocenters. The highest BCUT2D eigenvalue weighted by Gasteiger charge is 2.46. The summed E-state index contributed by atoms with van der Waals surface area (Å²) in [6, 6.07) is 6.57. The summed E-state index contributed by atoms with van der Waals surface area (Å²) < 4.78 is 24.3. The van der Waals surface area contributed by atoms with Crippen molar-refractivity contribution < 1.29 is 23.9 Å². The Morgan fingerprint density at radius 2 is 1.96 bits per heavy atom. The SMILES string of the molecule is COC[C@H]1O[C@@H](n2ccc3cc([N+](=O)[O-])ccc32)C(OC)[C@H]1OC. The van der Waals surface area contributed by atoms with Crippen molar-refractivity contribution >= 4 is 16.6 Å². The molecule has 130 valence electrons. The third-order valence-corrected chi connectivity index (χ3v) is 4.35. The van der Waals surface area contributed by atoms with Crippen LogP contribution in [0.15, 0.2) is 30.5 Å². The standard InChI is InChI=1S/C16H20N2O6/c1-21-9-13-14(22-2)15(23-3)16(24-13)17-7-6-10-8-11(18(19)20)4-5-12(10)17/h4-8,13-16H,9H2,1-3H3/t13-,14+,15?,16-/m1/s1. The first-order chi connectivity index (χ1) is 11.6. The summed E-state index contributed by atoms with van der Waals surface area (Å²) in [5.41, 5.74) is 0.892. The highest BCUT2D eigenvalue weighted by Crippen LogP contribution is 2.36. The van der Waals surface area contributed by atoms with Crippen LogP contribution in [-0.4, -0.2) is 55.7 Å². The third kappa shape index (κ3) is 2.78. The largest absolute Gasteiger partial charge is 0.382 e. The van der Waals surface area contributed by atoms with E-state index in [2.05, 4.69) is 0 Å². The molecule has 0 radical (unpaired) electrons. The Hall–Kier alpha value is -2.00. The fourth-order valence-electron chi connectivity index (χ4n) is 3.25. The predicted molar refractivity (Wildman–Crippen MR) is 86.0 cm³/mol. The van der Waals surface area contributed by atoms with Gasteiger partial charge in [0.25, 0.3) is 5.69 Å². The molecule has 1 aliphatic rings. The molecule has 1 saturated heterocycles. The zero-order valence-electron chi connectivity index (χ0n) is 13.7. The number of nitrogens with zero attached hydrogens (tertiary/aromatic N) is 2. The summed E-state index contributed by atoms with van der Waals surface area (Å²) >= 11 is 0. The minimum absolute atomic E-state index is 0.0582. The second kappa shape index (κ2) is 6.86. The van der Waals surface area contributed by atoms with E-state index in [1.54, 1.807) is 33.5 Å². The summed E-state index contributed by atoms with van der Waals surface area (Å²) in [7, 11) is 4.83. The molecule has 24 heavy (non-hydrogen) atoms. The van der Waals surface area contributed by atoms with Gasteiger partial charge in [-0.2, -0.15) is 0 Å². The van der Waals surface area contributed by atoms with Gasteiger partial charge >= 0.3 is 0 Å². The molecule has 2 heterocycles. The van der Waals surface area contributed by atoms with Crippen LogP contribution in [0, 0.1) is 10.1 Å². The van der Waals surface area contributed by atoms with Crippen LogP contribution in [0.1, 0.15) is 6.23 Å². The molecule has 0 spiro atoms. The molecule has 0 aliphatic carbocycles. The highest BCUT2D eigenvalue weighted by molar-refractivity contribution is 5.82. The van der Waals surface area contributed by atoms with Crippen molar-refractivity contribution in [1.29, 1.82) is 0 Å². The van der Waals surface area contributed by atoms with Gasteiger partial charge in [-0.1, -0.05) is 0 Å². The number of methoxy groups -OCH3 is 3. The van der Waals surface area contributed by atoms with Crippen LogP contribution < -0.4 is 0 Å². The van der Waals surface area contributed by atoms with Gasteiger partial charge in [-0.05, 0) is 12.1 Å². The number of aromatic nitrogens is 1. The van der Waals surface area contributed by atoms with E-state index in [9.17, 15) is 10.1 Å². The normalized spacial score (nSPS) is 27.0. The lowest BCUT2D eigenvalue weighted by Gasteiger charge is -2.22. The second-order valence-electron chi connectivity index (χ2n) is 5.64. The van der Waals surface area contributed by atoms with Gasteiger partial charge in [0.15, 0.2) is 6.23 Å². The molecule has 1 aromatic carbocycles. The van der Waals surface area contributed by atoms with Crippen molar-refractivity contribution in [3.05, 3.63) is 40.6 Å². The Bertz CT molecular complexity index is 730. The van der Waals surface area contributed by atoms with Gasteiger partial charge in [-0.15, -0.1) is 0 Å². The molecule has 2 aromatic rings. The number of non-ortho nitro benzene ring substituents is 1. The first-order valence-electron chi connectivity index (χ1n) is 7.55. The lowest BCUT2D eigenvalue weighted by atomic mass is 10.1. The zero-order chi connectivity index (χ0) is 17.3. The van der Waals surface area contributed by atoms with Crippen LogP contribution in [0.4, 0.5) is 5.69 Å². The molecule has 0 N–H and O–H groups in total. The number of hydrogen-bond acceptors (Lipinski definition) is 6. The summed E-state index contributed by atoms with van der Waals surface area (Å²) in [6.07, 6.45) is 0.591. The molecule has 3 rings (SSSR count). The first-order valence-corrected chi connectivity index (χ1v) is 7.55. The predicted octanol–water partition coefficient (Wildman–Crippen LogP) is 2.12. The van der Waals surface area contributed by atoms with Crippen molar-refractivity contribution in [2.45, 2.75) is 24.5 Å². The summed E-state index contributed by atoms with van der Waals surface area (Å²) in [5, 5.41) is 11.7. The molecule has 1 aromatic heterocycles. The smallest absolute Gasteiger partial charge is 0.270 e. The zero-order valence-corrected chi connectivity index (χ0v) is 13.7. The number of nitro benzene ring substituents is 1. The fourth-order valence-corrected chi connectivity index (χ4v) is 3.25. The number of nitro groups is 1. The van der Waals surface area contributed by atoms with Crippen molar-refractivity contribution in [2.24, 2.45) is 0 Å². The van der Waals surface area contributed by atoms with E-state index in [1.807, 2.05) is 16.8 Å². The molecular weight excluding hydrogens is 316 g/mol. The third-order valence-electron chi connectivity index (χ3n) is 4.35. The van der Waals surface area contributed by atoms with Gasteiger partial charge in [-0.3, -0.25) is 10.1 Å². The van der Waals surface area contributed by atoms with Gasteiger partial charge in [0, 0.05) is 45.0 Å². The maximum absolute atomic E-state index is 10.9. The summed E-state index contributed by atoms with van der Waals surface area (Å²) in [6.45, 7) is 0.388. The monoisotopic (exact) mass is 336 g/mol. The van der Waals surface area contributed by atoms with E-state index in [4.69, 9.17) is 18.9 Å². The maximum atomic E-state index is 10.9. The number of hydrogen-bond donors (Lipinski definition) is 0. The Kier molecular flexibility index (Phi) is 4.81. The van der Waals surface area contributed by atoms with Crippen LogP contribution in [0.25, 0.3) is 10.9 Å². The quantitative estimate of drug-likeness (QED) is 0.593. The van der Waals surface area contributed by atoms with Crippen LogP contribution >= 0.6 is 0 Å².